The van der Waals surface area contributed by atoms with Crippen LogP contribution in [0.25, 0.3) is 0 Å². The number of ether oxygens (including phenoxy) is 3. The average molecular weight is 215 g/mol. The van der Waals surface area contributed by atoms with Gasteiger partial charge in [-0.05, 0) is 31.7 Å². The first kappa shape index (κ1) is 11.3. The zero-order valence-electron chi connectivity index (χ0n) is 9.24. The molecule has 2 fully saturated rings. The highest BCUT2D eigenvalue weighted by atomic mass is 16.7. The van der Waals surface area contributed by atoms with Crippen LogP contribution in [0.3, 0.4) is 0 Å². The predicted molar refractivity (Wildman–Crippen MR) is 56.7 cm³/mol. The number of hydrogen-bond acceptors (Lipinski definition) is 4. The summed E-state index contributed by atoms with van der Waals surface area (Å²) in [6.45, 7) is 5.39. The van der Waals surface area contributed by atoms with Crippen LogP contribution in [-0.4, -0.2) is 45.8 Å². The normalized spacial score (nSPS) is 25.6. The standard InChI is InChI=1S/C11H21NO3/c1-4-14-11(15-5-1)9-12-8-10-2-6-13-7-3-10/h10-12H,1-9H2. The van der Waals surface area contributed by atoms with Crippen molar-refractivity contribution in [2.24, 2.45) is 5.92 Å². The van der Waals surface area contributed by atoms with Crippen molar-refractivity contribution in [1.29, 1.82) is 0 Å². The second-order valence-electron chi connectivity index (χ2n) is 4.24. The van der Waals surface area contributed by atoms with E-state index in [9.17, 15) is 0 Å². The van der Waals surface area contributed by atoms with Crippen LogP contribution in [0, 0.1) is 5.92 Å². The molecule has 15 heavy (non-hydrogen) atoms. The first-order valence-corrected chi connectivity index (χ1v) is 5.97. The molecule has 0 aromatic carbocycles. The summed E-state index contributed by atoms with van der Waals surface area (Å²) in [7, 11) is 0. The zero-order valence-corrected chi connectivity index (χ0v) is 9.24. The van der Waals surface area contributed by atoms with E-state index in [2.05, 4.69) is 5.32 Å². The number of nitrogens with one attached hydrogen (secondary N) is 1. The third-order valence-electron chi connectivity index (χ3n) is 2.98. The Balaban J connectivity index is 1.53. The molecule has 0 aromatic rings. The monoisotopic (exact) mass is 215 g/mol. The van der Waals surface area contributed by atoms with E-state index in [1.54, 1.807) is 0 Å². The van der Waals surface area contributed by atoms with Gasteiger partial charge in [0.2, 0.25) is 0 Å². The second kappa shape index (κ2) is 6.43. The molecule has 2 heterocycles. The molecule has 1 N–H and O–H groups in total. The Labute approximate surface area is 91.3 Å². The minimum Gasteiger partial charge on any atom is -0.381 e. The molecule has 0 radical (unpaired) electrons. The summed E-state index contributed by atoms with van der Waals surface area (Å²) in [5.41, 5.74) is 0. The number of rotatable bonds is 4. The quantitative estimate of drug-likeness (QED) is 0.752. The molecular weight excluding hydrogens is 194 g/mol. The van der Waals surface area contributed by atoms with Gasteiger partial charge in [-0.25, -0.2) is 0 Å². The minimum atomic E-state index is -0.0291. The van der Waals surface area contributed by atoms with Gasteiger partial charge >= 0.3 is 0 Å². The molecular formula is C11H21NO3. The van der Waals surface area contributed by atoms with Crippen LogP contribution in [0.1, 0.15) is 19.3 Å². The summed E-state index contributed by atoms with van der Waals surface area (Å²) in [5, 5.41) is 3.42. The van der Waals surface area contributed by atoms with Gasteiger partial charge in [0, 0.05) is 19.8 Å². The highest BCUT2D eigenvalue weighted by Gasteiger charge is 2.16. The molecule has 2 saturated heterocycles. The minimum absolute atomic E-state index is 0.0291. The van der Waals surface area contributed by atoms with Gasteiger partial charge in [-0.2, -0.15) is 0 Å². The Kier molecular flexibility index (Phi) is 4.86. The van der Waals surface area contributed by atoms with Gasteiger partial charge in [0.05, 0.1) is 13.2 Å². The lowest BCUT2D eigenvalue weighted by molar-refractivity contribution is -0.175. The Morgan fingerprint density at radius 3 is 2.40 bits per heavy atom. The molecule has 0 atom stereocenters. The Morgan fingerprint density at radius 2 is 1.67 bits per heavy atom. The summed E-state index contributed by atoms with van der Waals surface area (Å²) < 4.78 is 16.2. The van der Waals surface area contributed by atoms with E-state index < -0.39 is 0 Å². The van der Waals surface area contributed by atoms with Gasteiger partial charge in [-0.3, -0.25) is 0 Å². The fourth-order valence-corrected chi connectivity index (χ4v) is 2.01. The van der Waals surface area contributed by atoms with Crippen LogP contribution in [0.4, 0.5) is 0 Å². The largest absolute Gasteiger partial charge is 0.381 e. The van der Waals surface area contributed by atoms with Gasteiger partial charge < -0.3 is 19.5 Å². The molecule has 0 unspecified atom stereocenters. The van der Waals surface area contributed by atoms with Crippen molar-refractivity contribution in [3.05, 3.63) is 0 Å². The summed E-state index contributed by atoms with van der Waals surface area (Å²) in [4.78, 5) is 0. The van der Waals surface area contributed by atoms with Crippen LogP contribution in [0.2, 0.25) is 0 Å². The number of hydrogen-bond donors (Lipinski definition) is 1. The van der Waals surface area contributed by atoms with Crippen LogP contribution >= 0.6 is 0 Å². The summed E-state index contributed by atoms with van der Waals surface area (Å²) in [6, 6.07) is 0. The summed E-state index contributed by atoms with van der Waals surface area (Å²) in [5.74, 6) is 0.766. The van der Waals surface area contributed by atoms with E-state index >= 15 is 0 Å². The first-order valence-electron chi connectivity index (χ1n) is 5.97. The van der Waals surface area contributed by atoms with Gasteiger partial charge in [0.15, 0.2) is 6.29 Å². The van der Waals surface area contributed by atoms with Crippen LogP contribution in [0.15, 0.2) is 0 Å². The molecule has 4 heteroatoms. The molecule has 0 aliphatic carbocycles. The highest BCUT2D eigenvalue weighted by Crippen LogP contribution is 2.13. The zero-order chi connectivity index (χ0) is 10.3. The SMILES string of the molecule is C1COC(CNCC2CCOCC2)OC1. The van der Waals surface area contributed by atoms with Crippen LogP contribution in [-0.2, 0) is 14.2 Å². The molecule has 0 bridgehead atoms. The first-order chi connectivity index (χ1) is 7.45. The molecule has 0 aromatic heterocycles. The van der Waals surface area contributed by atoms with Gasteiger partial charge in [0.1, 0.15) is 0 Å². The fourth-order valence-electron chi connectivity index (χ4n) is 2.01. The van der Waals surface area contributed by atoms with E-state index in [0.29, 0.717) is 0 Å². The topological polar surface area (TPSA) is 39.7 Å². The molecule has 2 rings (SSSR count). The maximum Gasteiger partial charge on any atom is 0.169 e. The van der Waals surface area contributed by atoms with E-state index in [1.807, 2.05) is 0 Å². The molecule has 0 spiro atoms. The Hall–Kier alpha value is -0.160. The third-order valence-corrected chi connectivity index (χ3v) is 2.98. The lowest BCUT2D eigenvalue weighted by Crippen LogP contribution is -2.38. The van der Waals surface area contributed by atoms with Gasteiger partial charge in [0.25, 0.3) is 0 Å². The fraction of sp³-hybridized carbons (Fsp3) is 1.00. The van der Waals surface area contributed by atoms with Crippen molar-refractivity contribution in [3.8, 4) is 0 Å². The Morgan fingerprint density at radius 1 is 0.933 bits per heavy atom. The van der Waals surface area contributed by atoms with Crippen molar-refractivity contribution < 1.29 is 14.2 Å². The average Bonchev–Trinajstić information content (AvgIpc) is 2.32. The molecule has 2 aliphatic heterocycles. The van der Waals surface area contributed by atoms with E-state index in [1.165, 1.54) is 12.8 Å². The summed E-state index contributed by atoms with van der Waals surface area (Å²) >= 11 is 0. The molecule has 4 nitrogen and oxygen atoms in total. The van der Waals surface area contributed by atoms with Crippen molar-refractivity contribution in [1.82, 2.24) is 5.32 Å². The molecule has 2 aliphatic rings. The smallest absolute Gasteiger partial charge is 0.169 e. The van der Waals surface area contributed by atoms with Crippen molar-refractivity contribution in [2.45, 2.75) is 25.6 Å². The van der Waals surface area contributed by atoms with Gasteiger partial charge in [-0.1, -0.05) is 0 Å². The van der Waals surface area contributed by atoms with E-state index in [-0.39, 0.29) is 6.29 Å². The van der Waals surface area contributed by atoms with E-state index in [0.717, 1.165) is 51.9 Å². The Bertz CT molecular complexity index is 147. The van der Waals surface area contributed by atoms with Crippen molar-refractivity contribution in [2.75, 3.05) is 39.5 Å². The lowest BCUT2D eigenvalue weighted by atomic mass is 10.0. The molecule has 88 valence electrons. The maximum absolute atomic E-state index is 5.46. The maximum atomic E-state index is 5.46. The predicted octanol–water partition coefficient (Wildman–Crippen LogP) is 0.766. The lowest BCUT2D eigenvalue weighted by Gasteiger charge is -2.26. The molecule has 0 saturated carbocycles. The van der Waals surface area contributed by atoms with Gasteiger partial charge in [-0.15, -0.1) is 0 Å². The van der Waals surface area contributed by atoms with E-state index in [4.69, 9.17) is 14.2 Å². The van der Waals surface area contributed by atoms with Crippen LogP contribution < -0.4 is 5.32 Å². The van der Waals surface area contributed by atoms with Crippen molar-refractivity contribution >= 4 is 0 Å². The van der Waals surface area contributed by atoms with Crippen LogP contribution in [0.5, 0.6) is 0 Å². The van der Waals surface area contributed by atoms with Crippen molar-refractivity contribution in [3.63, 3.8) is 0 Å². The second-order valence-corrected chi connectivity index (χ2v) is 4.24. The third kappa shape index (κ3) is 4.07. The highest BCUT2D eigenvalue weighted by molar-refractivity contribution is 4.67. The molecule has 0 amide bonds. The summed E-state index contributed by atoms with van der Waals surface area (Å²) in [6.07, 6.45) is 3.36.